The number of aliphatic hydroxyl groups is 1. The predicted octanol–water partition coefficient (Wildman–Crippen LogP) is -0.884. The molecule has 6 nitrogen and oxygen atoms in total. The van der Waals surface area contributed by atoms with E-state index in [-0.39, 0.29) is 6.54 Å². The average molecular weight is 179 g/mol. The zero-order valence-electron chi connectivity index (χ0n) is 6.83. The third kappa shape index (κ3) is 1.25. The lowest BCUT2D eigenvalue weighted by atomic mass is 10.3. The quantitative estimate of drug-likeness (QED) is 0.624. The Morgan fingerprint density at radius 3 is 3.23 bits per heavy atom. The number of nitrogens with zero attached hydrogens (tertiary/aromatic N) is 4. The first kappa shape index (κ1) is 8.09. The zero-order valence-corrected chi connectivity index (χ0v) is 6.83. The molecule has 1 unspecified atom stereocenters. The van der Waals surface area contributed by atoms with Gasteiger partial charge in [0.05, 0.1) is 0 Å². The molecule has 0 aliphatic carbocycles. The van der Waals surface area contributed by atoms with Gasteiger partial charge in [0.15, 0.2) is 5.65 Å². The molecule has 0 aliphatic rings. The maximum Gasteiger partial charge on any atom is 0.163 e. The van der Waals surface area contributed by atoms with Crippen LogP contribution in [0.3, 0.4) is 0 Å². The summed E-state index contributed by atoms with van der Waals surface area (Å²) in [7, 11) is 0. The molecule has 13 heavy (non-hydrogen) atoms. The minimum absolute atomic E-state index is 0.129. The fourth-order valence-electron chi connectivity index (χ4n) is 1.13. The first-order valence-electron chi connectivity index (χ1n) is 3.85. The summed E-state index contributed by atoms with van der Waals surface area (Å²) in [6.07, 6.45) is 2.29. The van der Waals surface area contributed by atoms with Gasteiger partial charge in [0.1, 0.15) is 18.3 Å². The molecule has 2 aromatic rings. The normalized spacial score (nSPS) is 13.4. The molecule has 68 valence electrons. The number of hydrogen-bond acceptors (Lipinski definition) is 5. The first-order valence-corrected chi connectivity index (χ1v) is 3.85. The van der Waals surface area contributed by atoms with Crippen molar-refractivity contribution in [2.24, 2.45) is 5.73 Å². The van der Waals surface area contributed by atoms with Gasteiger partial charge in [0, 0.05) is 18.8 Å². The second-order valence-corrected chi connectivity index (χ2v) is 2.61. The molecule has 3 N–H and O–H groups in total. The van der Waals surface area contributed by atoms with Gasteiger partial charge in [-0.05, 0) is 0 Å². The number of fused-ring (bicyclic) bond motifs is 1. The summed E-state index contributed by atoms with van der Waals surface area (Å²) in [6, 6.07) is 1.71. The van der Waals surface area contributed by atoms with Gasteiger partial charge in [-0.15, -0.1) is 10.2 Å². The lowest BCUT2D eigenvalue weighted by Crippen LogP contribution is -2.16. The van der Waals surface area contributed by atoms with Crippen molar-refractivity contribution in [3.05, 3.63) is 24.4 Å². The highest BCUT2D eigenvalue weighted by atomic mass is 16.3. The molecule has 0 aliphatic heterocycles. The number of aromatic nitrogens is 4. The van der Waals surface area contributed by atoms with Gasteiger partial charge >= 0.3 is 0 Å². The van der Waals surface area contributed by atoms with E-state index in [0.29, 0.717) is 11.5 Å². The minimum Gasteiger partial charge on any atom is -0.384 e. The van der Waals surface area contributed by atoms with Crippen LogP contribution in [0.15, 0.2) is 18.6 Å². The molecule has 0 fully saturated rings. The van der Waals surface area contributed by atoms with Crippen molar-refractivity contribution in [2.75, 3.05) is 6.54 Å². The minimum atomic E-state index is -0.778. The smallest absolute Gasteiger partial charge is 0.163 e. The standard InChI is InChI=1S/C7H9N5O/c8-3-5(13)7-9-2-1-6-11-10-4-12(6)7/h1-2,4-5,13H,3,8H2. The van der Waals surface area contributed by atoms with Crippen molar-refractivity contribution in [3.63, 3.8) is 0 Å². The highest BCUT2D eigenvalue weighted by Gasteiger charge is 2.10. The third-order valence-electron chi connectivity index (χ3n) is 1.77. The van der Waals surface area contributed by atoms with Crippen LogP contribution in [0.4, 0.5) is 0 Å². The number of aliphatic hydroxyl groups excluding tert-OH is 1. The van der Waals surface area contributed by atoms with Crippen molar-refractivity contribution in [1.82, 2.24) is 19.6 Å². The summed E-state index contributed by atoms with van der Waals surface area (Å²) >= 11 is 0. The Balaban J connectivity index is 2.60. The second-order valence-electron chi connectivity index (χ2n) is 2.61. The van der Waals surface area contributed by atoms with Gasteiger partial charge in [-0.25, -0.2) is 4.98 Å². The molecule has 0 bridgehead atoms. The Morgan fingerprint density at radius 2 is 2.46 bits per heavy atom. The van der Waals surface area contributed by atoms with Gasteiger partial charge in [0.2, 0.25) is 0 Å². The van der Waals surface area contributed by atoms with Gasteiger partial charge in [0.25, 0.3) is 0 Å². The maximum atomic E-state index is 9.48. The molecule has 0 radical (unpaired) electrons. The molecule has 0 amide bonds. The Morgan fingerprint density at radius 1 is 1.62 bits per heavy atom. The van der Waals surface area contributed by atoms with Gasteiger partial charge in [-0.3, -0.25) is 4.40 Å². The summed E-state index contributed by atoms with van der Waals surface area (Å²) in [5, 5.41) is 17.0. The Bertz CT molecular complexity index is 412. The number of rotatable bonds is 2. The highest BCUT2D eigenvalue weighted by Crippen LogP contribution is 2.08. The van der Waals surface area contributed by atoms with Crippen LogP contribution < -0.4 is 5.73 Å². The molecule has 0 aromatic carbocycles. The monoisotopic (exact) mass is 179 g/mol. The van der Waals surface area contributed by atoms with E-state index in [1.54, 1.807) is 16.7 Å². The zero-order chi connectivity index (χ0) is 9.26. The third-order valence-corrected chi connectivity index (χ3v) is 1.77. The van der Waals surface area contributed by atoms with E-state index in [0.717, 1.165) is 0 Å². The second kappa shape index (κ2) is 3.08. The molecule has 0 saturated heterocycles. The molecule has 0 saturated carbocycles. The van der Waals surface area contributed by atoms with Crippen LogP contribution in [0.1, 0.15) is 11.9 Å². The van der Waals surface area contributed by atoms with Crippen LogP contribution in [0, 0.1) is 0 Å². The van der Waals surface area contributed by atoms with Crippen LogP contribution in [-0.4, -0.2) is 31.2 Å². The topological polar surface area (TPSA) is 89.3 Å². The van der Waals surface area contributed by atoms with E-state index in [1.807, 2.05) is 0 Å². The predicted molar refractivity (Wildman–Crippen MR) is 44.8 cm³/mol. The Labute approximate surface area is 74.0 Å². The summed E-state index contributed by atoms with van der Waals surface area (Å²) in [5.74, 6) is 0.463. The molecule has 1 atom stereocenters. The van der Waals surface area contributed by atoms with Gasteiger partial charge < -0.3 is 10.8 Å². The lowest BCUT2D eigenvalue weighted by Gasteiger charge is -2.07. The van der Waals surface area contributed by atoms with E-state index in [1.165, 1.54) is 6.33 Å². The van der Waals surface area contributed by atoms with Crippen LogP contribution in [0.25, 0.3) is 5.65 Å². The van der Waals surface area contributed by atoms with E-state index in [2.05, 4.69) is 15.2 Å². The Kier molecular flexibility index (Phi) is 1.91. The van der Waals surface area contributed by atoms with E-state index in [4.69, 9.17) is 5.73 Å². The summed E-state index contributed by atoms with van der Waals surface area (Å²) < 4.78 is 1.61. The van der Waals surface area contributed by atoms with Crippen molar-refractivity contribution < 1.29 is 5.11 Å². The molecule has 0 spiro atoms. The van der Waals surface area contributed by atoms with E-state index < -0.39 is 6.10 Å². The van der Waals surface area contributed by atoms with Crippen LogP contribution in [0.5, 0.6) is 0 Å². The largest absolute Gasteiger partial charge is 0.384 e. The fraction of sp³-hybridized carbons (Fsp3) is 0.286. The van der Waals surface area contributed by atoms with E-state index in [9.17, 15) is 5.11 Å². The SMILES string of the molecule is NCC(O)c1nccc2nncn12. The molecule has 2 aromatic heterocycles. The number of hydrogen-bond donors (Lipinski definition) is 2. The van der Waals surface area contributed by atoms with Crippen molar-refractivity contribution >= 4 is 5.65 Å². The Hall–Kier alpha value is -1.53. The van der Waals surface area contributed by atoms with Crippen LogP contribution >= 0.6 is 0 Å². The van der Waals surface area contributed by atoms with Crippen LogP contribution in [0.2, 0.25) is 0 Å². The molecule has 2 heterocycles. The van der Waals surface area contributed by atoms with Crippen LogP contribution in [-0.2, 0) is 0 Å². The van der Waals surface area contributed by atoms with Crippen molar-refractivity contribution in [1.29, 1.82) is 0 Å². The van der Waals surface area contributed by atoms with Crippen molar-refractivity contribution in [3.8, 4) is 0 Å². The average Bonchev–Trinajstić information content (AvgIpc) is 2.63. The molecular formula is C7H9N5O. The van der Waals surface area contributed by atoms with E-state index >= 15 is 0 Å². The van der Waals surface area contributed by atoms with Gasteiger partial charge in [-0.2, -0.15) is 0 Å². The molecule has 6 heteroatoms. The highest BCUT2D eigenvalue weighted by molar-refractivity contribution is 5.35. The summed E-state index contributed by atoms with van der Waals surface area (Å²) in [5.41, 5.74) is 5.97. The fourth-order valence-corrected chi connectivity index (χ4v) is 1.13. The van der Waals surface area contributed by atoms with Gasteiger partial charge in [-0.1, -0.05) is 0 Å². The summed E-state index contributed by atoms with van der Waals surface area (Å²) in [4.78, 5) is 4.00. The number of nitrogens with two attached hydrogens (primary N) is 1. The lowest BCUT2D eigenvalue weighted by molar-refractivity contribution is 0.175. The molecular weight excluding hydrogens is 170 g/mol. The molecule has 2 rings (SSSR count). The van der Waals surface area contributed by atoms with Crippen molar-refractivity contribution in [2.45, 2.75) is 6.10 Å². The summed E-state index contributed by atoms with van der Waals surface area (Å²) in [6.45, 7) is 0.129. The maximum absolute atomic E-state index is 9.48. The first-order chi connectivity index (χ1) is 6.33.